The first-order valence-electron chi connectivity index (χ1n) is 8.91. The predicted molar refractivity (Wildman–Crippen MR) is 111 cm³/mol. The molecule has 3 rings (SSSR count). The molecule has 0 fully saturated rings. The Hall–Kier alpha value is -3.67. The molecule has 0 bridgehead atoms. The highest BCUT2D eigenvalue weighted by molar-refractivity contribution is 6.03. The zero-order valence-corrected chi connectivity index (χ0v) is 15.8. The van der Waals surface area contributed by atoms with E-state index in [0.29, 0.717) is 17.1 Å². The van der Waals surface area contributed by atoms with Crippen LogP contribution in [0.4, 0.5) is 17.1 Å². The summed E-state index contributed by atoms with van der Waals surface area (Å²) >= 11 is 0. The standard InChI is InChI=1S/C22H22N4O2/c1-16(27)24-18-8-10-19(11-9-18)25-22(28)21-14-20(12-13-23-21)26(2)15-17-6-4-3-5-7-17/h3-14H,15H2,1-2H3,(H,24,27)(H,25,28). The minimum absolute atomic E-state index is 0.141. The molecular weight excluding hydrogens is 352 g/mol. The van der Waals surface area contributed by atoms with E-state index in [2.05, 4.69) is 32.7 Å². The molecule has 0 aliphatic rings. The van der Waals surface area contributed by atoms with Gasteiger partial charge in [0.1, 0.15) is 5.69 Å². The van der Waals surface area contributed by atoms with Crippen molar-refractivity contribution in [1.82, 2.24) is 4.98 Å². The second-order valence-corrected chi connectivity index (χ2v) is 6.45. The Labute approximate surface area is 164 Å². The summed E-state index contributed by atoms with van der Waals surface area (Å²) in [7, 11) is 1.98. The van der Waals surface area contributed by atoms with E-state index in [9.17, 15) is 9.59 Å². The number of pyridine rings is 1. The normalized spacial score (nSPS) is 10.2. The maximum absolute atomic E-state index is 12.5. The van der Waals surface area contributed by atoms with Crippen molar-refractivity contribution >= 4 is 28.9 Å². The van der Waals surface area contributed by atoms with Gasteiger partial charge in [0.25, 0.3) is 5.91 Å². The van der Waals surface area contributed by atoms with Gasteiger partial charge in [0.05, 0.1) is 0 Å². The van der Waals surface area contributed by atoms with E-state index in [4.69, 9.17) is 0 Å². The number of amides is 2. The summed E-state index contributed by atoms with van der Waals surface area (Å²) in [4.78, 5) is 29.9. The lowest BCUT2D eigenvalue weighted by Crippen LogP contribution is -2.18. The molecule has 1 heterocycles. The van der Waals surface area contributed by atoms with Crippen LogP contribution in [0.25, 0.3) is 0 Å². The van der Waals surface area contributed by atoms with E-state index in [1.54, 1.807) is 36.5 Å². The van der Waals surface area contributed by atoms with Crippen LogP contribution in [-0.2, 0) is 11.3 Å². The van der Waals surface area contributed by atoms with Gasteiger partial charge in [0, 0.05) is 43.8 Å². The Morgan fingerprint density at radius 3 is 2.21 bits per heavy atom. The number of aromatic nitrogens is 1. The molecule has 142 valence electrons. The van der Waals surface area contributed by atoms with E-state index in [1.807, 2.05) is 31.3 Å². The third-order valence-electron chi connectivity index (χ3n) is 4.14. The molecule has 0 saturated heterocycles. The Balaban J connectivity index is 1.67. The lowest BCUT2D eigenvalue weighted by Gasteiger charge is -2.19. The summed E-state index contributed by atoms with van der Waals surface area (Å²) in [5, 5.41) is 5.51. The number of carbonyl (C=O) groups excluding carboxylic acids is 2. The highest BCUT2D eigenvalue weighted by Gasteiger charge is 2.11. The molecule has 0 aliphatic heterocycles. The van der Waals surface area contributed by atoms with E-state index in [1.165, 1.54) is 12.5 Å². The van der Waals surface area contributed by atoms with Gasteiger partial charge >= 0.3 is 0 Å². The molecule has 0 atom stereocenters. The largest absolute Gasteiger partial charge is 0.370 e. The lowest BCUT2D eigenvalue weighted by molar-refractivity contribution is -0.114. The van der Waals surface area contributed by atoms with Gasteiger partial charge in [-0.2, -0.15) is 0 Å². The minimum atomic E-state index is -0.290. The Bertz CT molecular complexity index is 956. The quantitative estimate of drug-likeness (QED) is 0.686. The third kappa shape index (κ3) is 5.17. The maximum Gasteiger partial charge on any atom is 0.274 e. The fourth-order valence-corrected chi connectivity index (χ4v) is 2.76. The molecule has 2 amide bonds. The minimum Gasteiger partial charge on any atom is -0.370 e. The van der Waals surface area contributed by atoms with Gasteiger partial charge in [-0.15, -0.1) is 0 Å². The highest BCUT2D eigenvalue weighted by Crippen LogP contribution is 2.18. The van der Waals surface area contributed by atoms with Gasteiger partial charge in [-0.3, -0.25) is 14.6 Å². The topological polar surface area (TPSA) is 74.3 Å². The van der Waals surface area contributed by atoms with E-state index >= 15 is 0 Å². The predicted octanol–water partition coefficient (Wildman–Crippen LogP) is 3.93. The molecule has 0 aliphatic carbocycles. The van der Waals surface area contributed by atoms with Gasteiger partial charge in [-0.25, -0.2) is 0 Å². The Morgan fingerprint density at radius 1 is 0.929 bits per heavy atom. The second-order valence-electron chi connectivity index (χ2n) is 6.45. The van der Waals surface area contributed by atoms with Crippen LogP contribution < -0.4 is 15.5 Å². The van der Waals surface area contributed by atoms with Crippen molar-refractivity contribution in [3.05, 3.63) is 84.2 Å². The molecule has 3 aromatic rings. The van der Waals surface area contributed by atoms with Crippen LogP contribution in [0.5, 0.6) is 0 Å². The number of nitrogens with zero attached hydrogens (tertiary/aromatic N) is 2. The molecule has 6 heteroatoms. The van der Waals surface area contributed by atoms with E-state index < -0.39 is 0 Å². The van der Waals surface area contributed by atoms with Crippen molar-refractivity contribution in [3.63, 3.8) is 0 Å². The highest BCUT2D eigenvalue weighted by atomic mass is 16.2. The maximum atomic E-state index is 12.5. The average molecular weight is 374 g/mol. The van der Waals surface area contributed by atoms with Crippen molar-refractivity contribution in [3.8, 4) is 0 Å². The van der Waals surface area contributed by atoms with Crippen molar-refractivity contribution in [2.24, 2.45) is 0 Å². The fraction of sp³-hybridized carbons (Fsp3) is 0.136. The molecule has 0 unspecified atom stereocenters. The summed E-state index contributed by atoms with van der Waals surface area (Å²) in [6, 6.07) is 20.7. The summed E-state index contributed by atoms with van der Waals surface area (Å²) in [6.45, 7) is 2.18. The van der Waals surface area contributed by atoms with Crippen LogP contribution in [0.1, 0.15) is 23.0 Å². The Kier molecular flexibility index (Phi) is 6.01. The lowest BCUT2D eigenvalue weighted by atomic mass is 10.2. The van der Waals surface area contributed by atoms with Gasteiger partial charge in [-0.1, -0.05) is 30.3 Å². The average Bonchev–Trinajstić information content (AvgIpc) is 2.70. The van der Waals surface area contributed by atoms with Crippen LogP contribution in [0.2, 0.25) is 0 Å². The summed E-state index contributed by atoms with van der Waals surface area (Å²) in [6.07, 6.45) is 1.63. The number of rotatable bonds is 6. The smallest absolute Gasteiger partial charge is 0.274 e. The van der Waals surface area contributed by atoms with Crippen LogP contribution >= 0.6 is 0 Å². The summed E-state index contributed by atoms with van der Waals surface area (Å²) in [5.41, 5.74) is 3.73. The van der Waals surface area contributed by atoms with Crippen LogP contribution in [0.3, 0.4) is 0 Å². The molecule has 28 heavy (non-hydrogen) atoms. The Morgan fingerprint density at radius 2 is 1.57 bits per heavy atom. The molecule has 2 aromatic carbocycles. The van der Waals surface area contributed by atoms with Gasteiger partial charge < -0.3 is 15.5 Å². The molecule has 1 aromatic heterocycles. The molecule has 0 spiro atoms. The van der Waals surface area contributed by atoms with Gasteiger partial charge in [-0.05, 0) is 42.0 Å². The van der Waals surface area contributed by atoms with E-state index in [0.717, 1.165) is 12.2 Å². The number of nitrogens with one attached hydrogen (secondary N) is 2. The fourth-order valence-electron chi connectivity index (χ4n) is 2.76. The van der Waals surface area contributed by atoms with Gasteiger partial charge in [0.15, 0.2) is 0 Å². The molecule has 6 nitrogen and oxygen atoms in total. The number of hydrogen-bond acceptors (Lipinski definition) is 4. The van der Waals surface area contributed by atoms with Crippen LogP contribution in [0, 0.1) is 0 Å². The van der Waals surface area contributed by atoms with Crippen molar-refractivity contribution in [2.75, 3.05) is 22.6 Å². The zero-order valence-electron chi connectivity index (χ0n) is 15.8. The second kappa shape index (κ2) is 8.81. The van der Waals surface area contributed by atoms with Crippen LogP contribution in [-0.4, -0.2) is 23.8 Å². The molecule has 0 radical (unpaired) electrons. The number of hydrogen-bond donors (Lipinski definition) is 2. The number of carbonyl (C=O) groups is 2. The first kappa shape index (κ1) is 19.1. The first-order chi connectivity index (χ1) is 13.5. The van der Waals surface area contributed by atoms with Crippen molar-refractivity contribution in [1.29, 1.82) is 0 Å². The van der Waals surface area contributed by atoms with Crippen LogP contribution in [0.15, 0.2) is 72.9 Å². The van der Waals surface area contributed by atoms with E-state index in [-0.39, 0.29) is 11.8 Å². The first-order valence-corrected chi connectivity index (χ1v) is 8.91. The summed E-state index contributed by atoms with van der Waals surface area (Å²) in [5.74, 6) is -0.431. The third-order valence-corrected chi connectivity index (χ3v) is 4.14. The monoisotopic (exact) mass is 374 g/mol. The van der Waals surface area contributed by atoms with Crippen molar-refractivity contribution in [2.45, 2.75) is 13.5 Å². The number of anilines is 3. The molecular formula is C22H22N4O2. The number of benzene rings is 2. The SMILES string of the molecule is CC(=O)Nc1ccc(NC(=O)c2cc(N(C)Cc3ccccc3)ccn2)cc1. The molecule has 0 saturated carbocycles. The zero-order chi connectivity index (χ0) is 19.9. The van der Waals surface area contributed by atoms with Gasteiger partial charge in [0.2, 0.25) is 5.91 Å². The van der Waals surface area contributed by atoms with Crippen molar-refractivity contribution < 1.29 is 9.59 Å². The summed E-state index contributed by atoms with van der Waals surface area (Å²) < 4.78 is 0. The molecule has 2 N–H and O–H groups in total.